The standard InChI is InChI=1S/C21H23BrO6/c1-3-10-26-18-16(22)12-14(13-17(18)25-4-2)11-15-19(23)27-21(28-20(15)24)8-6-5-7-9-21/h3,11-13H,1,4-10H2,2H3. The lowest BCUT2D eigenvalue weighted by atomic mass is 9.93. The highest BCUT2D eigenvalue weighted by Gasteiger charge is 2.46. The predicted molar refractivity (Wildman–Crippen MR) is 107 cm³/mol. The van der Waals surface area contributed by atoms with Crippen LogP contribution in [0.25, 0.3) is 6.08 Å². The fourth-order valence-corrected chi connectivity index (χ4v) is 3.92. The molecule has 1 aliphatic heterocycles. The van der Waals surface area contributed by atoms with E-state index in [0.717, 1.165) is 19.3 Å². The van der Waals surface area contributed by atoms with E-state index >= 15 is 0 Å². The first-order valence-electron chi connectivity index (χ1n) is 9.36. The van der Waals surface area contributed by atoms with E-state index in [1.807, 2.05) is 6.92 Å². The van der Waals surface area contributed by atoms with Crippen molar-refractivity contribution in [2.75, 3.05) is 13.2 Å². The summed E-state index contributed by atoms with van der Waals surface area (Å²) >= 11 is 3.45. The largest absolute Gasteiger partial charge is 0.490 e. The summed E-state index contributed by atoms with van der Waals surface area (Å²) in [6.07, 6.45) is 6.97. The lowest BCUT2D eigenvalue weighted by Gasteiger charge is -2.38. The monoisotopic (exact) mass is 450 g/mol. The van der Waals surface area contributed by atoms with Gasteiger partial charge in [-0.25, -0.2) is 9.59 Å². The minimum absolute atomic E-state index is 0.134. The molecule has 1 aromatic rings. The van der Waals surface area contributed by atoms with Crippen molar-refractivity contribution < 1.29 is 28.5 Å². The maximum atomic E-state index is 12.5. The third kappa shape index (κ3) is 4.41. The topological polar surface area (TPSA) is 71.1 Å². The third-order valence-corrected chi connectivity index (χ3v) is 5.19. The Balaban J connectivity index is 1.89. The Morgan fingerprint density at radius 2 is 1.82 bits per heavy atom. The van der Waals surface area contributed by atoms with Gasteiger partial charge in [-0.15, -0.1) is 0 Å². The number of rotatable bonds is 6. The summed E-state index contributed by atoms with van der Waals surface area (Å²) in [4.78, 5) is 25.0. The van der Waals surface area contributed by atoms with Crippen LogP contribution in [0.5, 0.6) is 11.5 Å². The Hall–Kier alpha value is -2.28. The maximum absolute atomic E-state index is 12.5. The number of ether oxygens (including phenoxy) is 4. The van der Waals surface area contributed by atoms with E-state index < -0.39 is 17.7 Å². The van der Waals surface area contributed by atoms with Crippen LogP contribution < -0.4 is 9.47 Å². The second-order valence-electron chi connectivity index (χ2n) is 6.67. The van der Waals surface area contributed by atoms with Crippen LogP contribution in [0.15, 0.2) is 34.8 Å². The highest BCUT2D eigenvalue weighted by atomic mass is 79.9. The van der Waals surface area contributed by atoms with Crippen molar-refractivity contribution in [3.05, 3.63) is 40.4 Å². The van der Waals surface area contributed by atoms with Gasteiger partial charge in [0.1, 0.15) is 12.2 Å². The molecule has 6 nitrogen and oxygen atoms in total. The van der Waals surface area contributed by atoms with Gasteiger partial charge in [-0.3, -0.25) is 0 Å². The van der Waals surface area contributed by atoms with Gasteiger partial charge in [-0.1, -0.05) is 19.1 Å². The molecule has 2 aliphatic rings. The fraction of sp³-hybridized carbons (Fsp3) is 0.429. The quantitative estimate of drug-likeness (QED) is 0.274. The van der Waals surface area contributed by atoms with E-state index in [-0.39, 0.29) is 5.57 Å². The van der Waals surface area contributed by atoms with Gasteiger partial charge < -0.3 is 18.9 Å². The smallest absolute Gasteiger partial charge is 0.348 e. The SMILES string of the molecule is C=CCOc1c(Br)cc(C=C2C(=O)OC3(CCCCC3)OC2=O)cc1OCC. The highest BCUT2D eigenvalue weighted by Crippen LogP contribution is 2.39. The van der Waals surface area contributed by atoms with Gasteiger partial charge in [0.2, 0.25) is 0 Å². The van der Waals surface area contributed by atoms with Crippen LogP contribution in [0.2, 0.25) is 0 Å². The fourth-order valence-electron chi connectivity index (χ4n) is 3.35. The molecule has 1 spiro atoms. The van der Waals surface area contributed by atoms with Crippen LogP contribution in [0.3, 0.4) is 0 Å². The van der Waals surface area contributed by atoms with Crippen molar-refractivity contribution in [3.8, 4) is 11.5 Å². The number of hydrogen-bond acceptors (Lipinski definition) is 6. The number of carbonyl (C=O) groups is 2. The van der Waals surface area contributed by atoms with E-state index in [9.17, 15) is 9.59 Å². The number of hydrogen-bond donors (Lipinski definition) is 0. The van der Waals surface area contributed by atoms with Gasteiger partial charge >= 0.3 is 11.9 Å². The number of carbonyl (C=O) groups excluding carboxylic acids is 2. The molecule has 28 heavy (non-hydrogen) atoms. The molecule has 0 atom stereocenters. The summed E-state index contributed by atoms with van der Waals surface area (Å²) < 4.78 is 23.0. The first-order chi connectivity index (χ1) is 13.5. The second kappa shape index (κ2) is 8.82. The second-order valence-corrected chi connectivity index (χ2v) is 7.53. The summed E-state index contributed by atoms with van der Waals surface area (Å²) in [7, 11) is 0. The van der Waals surface area contributed by atoms with Crippen LogP contribution in [0.1, 0.15) is 44.6 Å². The summed E-state index contributed by atoms with van der Waals surface area (Å²) in [6, 6.07) is 3.44. The van der Waals surface area contributed by atoms with Gasteiger partial charge in [0, 0.05) is 12.8 Å². The Morgan fingerprint density at radius 1 is 1.14 bits per heavy atom. The van der Waals surface area contributed by atoms with E-state index in [0.29, 0.717) is 47.6 Å². The van der Waals surface area contributed by atoms with Gasteiger partial charge in [0.05, 0.1) is 11.1 Å². The molecule has 0 aromatic heterocycles. The molecular formula is C21H23BrO6. The van der Waals surface area contributed by atoms with E-state index in [1.54, 1.807) is 18.2 Å². The molecule has 0 amide bonds. The van der Waals surface area contributed by atoms with Crippen molar-refractivity contribution in [1.29, 1.82) is 0 Å². The van der Waals surface area contributed by atoms with Crippen molar-refractivity contribution >= 4 is 33.9 Å². The zero-order valence-electron chi connectivity index (χ0n) is 15.8. The first-order valence-corrected chi connectivity index (χ1v) is 10.2. The molecule has 7 heteroatoms. The molecule has 0 N–H and O–H groups in total. The maximum Gasteiger partial charge on any atom is 0.348 e. The Kier molecular flexibility index (Phi) is 6.44. The third-order valence-electron chi connectivity index (χ3n) is 4.60. The molecule has 1 aromatic carbocycles. The van der Waals surface area contributed by atoms with Crippen molar-refractivity contribution in [3.63, 3.8) is 0 Å². The average molecular weight is 451 g/mol. The van der Waals surface area contributed by atoms with Crippen molar-refractivity contribution in [2.24, 2.45) is 0 Å². The molecule has 0 radical (unpaired) electrons. The lowest BCUT2D eigenvalue weighted by molar-refractivity contribution is -0.244. The zero-order valence-corrected chi connectivity index (χ0v) is 17.4. The predicted octanol–water partition coefficient (Wildman–Crippen LogP) is 4.56. The minimum atomic E-state index is -1.09. The van der Waals surface area contributed by atoms with Crippen molar-refractivity contribution in [1.82, 2.24) is 0 Å². The van der Waals surface area contributed by atoms with E-state index in [1.165, 1.54) is 6.08 Å². The molecular weight excluding hydrogens is 428 g/mol. The van der Waals surface area contributed by atoms with Crippen LogP contribution in [-0.2, 0) is 19.1 Å². The number of esters is 2. The summed E-state index contributed by atoms with van der Waals surface area (Å²) in [6.45, 7) is 6.25. The molecule has 1 heterocycles. The van der Waals surface area contributed by atoms with Crippen LogP contribution in [0, 0.1) is 0 Å². The van der Waals surface area contributed by atoms with Crippen LogP contribution in [0.4, 0.5) is 0 Å². The molecule has 1 saturated carbocycles. The molecule has 2 fully saturated rings. The molecule has 150 valence electrons. The summed E-state index contributed by atoms with van der Waals surface area (Å²) in [5.41, 5.74) is 0.454. The van der Waals surface area contributed by atoms with Gasteiger partial charge in [0.15, 0.2) is 11.5 Å². The Labute approximate surface area is 172 Å². The first kappa shape index (κ1) is 20.5. The lowest BCUT2D eigenvalue weighted by Crippen LogP contribution is -2.47. The van der Waals surface area contributed by atoms with Gasteiger partial charge in [-0.2, -0.15) is 0 Å². The number of halogens is 1. The van der Waals surface area contributed by atoms with Crippen LogP contribution >= 0.6 is 15.9 Å². The van der Waals surface area contributed by atoms with E-state index in [4.69, 9.17) is 18.9 Å². The normalized spacial score (nSPS) is 18.3. The molecule has 0 unspecified atom stereocenters. The van der Waals surface area contributed by atoms with Gasteiger partial charge in [0.25, 0.3) is 5.79 Å². The summed E-state index contributed by atoms with van der Waals surface area (Å²) in [5.74, 6) is -1.38. The Morgan fingerprint density at radius 3 is 2.43 bits per heavy atom. The van der Waals surface area contributed by atoms with Crippen molar-refractivity contribution in [2.45, 2.75) is 44.8 Å². The van der Waals surface area contributed by atoms with Gasteiger partial charge in [-0.05, 0) is 59.5 Å². The van der Waals surface area contributed by atoms with Crippen LogP contribution in [-0.4, -0.2) is 30.9 Å². The van der Waals surface area contributed by atoms with E-state index in [2.05, 4.69) is 22.5 Å². The molecule has 1 aliphatic carbocycles. The molecule has 1 saturated heterocycles. The summed E-state index contributed by atoms with van der Waals surface area (Å²) in [5, 5.41) is 0. The molecule has 0 bridgehead atoms. The zero-order chi connectivity index (χ0) is 20.1. The minimum Gasteiger partial charge on any atom is -0.490 e. The highest BCUT2D eigenvalue weighted by molar-refractivity contribution is 9.10. The average Bonchev–Trinajstić information content (AvgIpc) is 2.65. The molecule has 3 rings (SSSR count). The Bertz CT molecular complexity index is 785. The number of benzene rings is 1.